The Hall–Kier alpha value is -2.51. The average molecular weight is 345 g/mol. The van der Waals surface area contributed by atoms with Crippen LogP contribution < -0.4 is 0 Å². The van der Waals surface area contributed by atoms with Crippen molar-refractivity contribution in [3.05, 3.63) is 53.1 Å². The van der Waals surface area contributed by atoms with Gasteiger partial charge in [-0.3, -0.25) is 0 Å². The standard InChI is InChI=1S/C16H9F6NO/c1-8-2-3-13-12(4-8)23-14(24-13)9-5-10(15(17,18)19)7-11(6-9)16(20,21)22/h2-7H,1H3. The molecule has 0 aliphatic carbocycles. The SMILES string of the molecule is Cc1ccc2oc(-c3cc(C(F)(F)F)cc(C(F)(F)F)c3)nc2c1. The van der Waals surface area contributed by atoms with Crippen molar-refractivity contribution in [1.29, 1.82) is 0 Å². The maximum absolute atomic E-state index is 12.9. The van der Waals surface area contributed by atoms with E-state index >= 15 is 0 Å². The van der Waals surface area contributed by atoms with Gasteiger partial charge in [-0.1, -0.05) is 6.07 Å². The normalized spacial score (nSPS) is 12.8. The van der Waals surface area contributed by atoms with Gasteiger partial charge in [-0.05, 0) is 42.8 Å². The monoisotopic (exact) mass is 345 g/mol. The van der Waals surface area contributed by atoms with E-state index in [2.05, 4.69) is 4.98 Å². The van der Waals surface area contributed by atoms with Gasteiger partial charge in [0.2, 0.25) is 5.89 Å². The average Bonchev–Trinajstić information content (AvgIpc) is 2.88. The molecule has 0 atom stereocenters. The van der Waals surface area contributed by atoms with E-state index in [0.717, 1.165) is 5.56 Å². The molecule has 1 aromatic heterocycles. The van der Waals surface area contributed by atoms with Crippen LogP contribution in [0.3, 0.4) is 0 Å². The van der Waals surface area contributed by atoms with Gasteiger partial charge in [-0.25, -0.2) is 4.98 Å². The zero-order valence-electron chi connectivity index (χ0n) is 12.1. The Bertz CT molecular complexity index is 875. The minimum Gasteiger partial charge on any atom is -0.436 e. The minimum absolute atomic E-state index is 0.0658. The van der Waals surface area contributed by atoms with Gasteiger partial charge in [-0.15, -0.1) is 0 Å². The molecule has 3 rings (SSSR count). The lowest BCUT2D eigenvalue weighted by atomic mass is 10.0. The molecular weight excluding hydrogens is 336 g/mol. The quantitative estimate of drug-likeness (QED) is 0.518. The fourth-order valence-electron chi connectivity index (χ4n) is 2.24. The Morgan fingerprint density at radius 1 is 0.833 bits per heavy atom. The summed E-state index contributed by atoms with van der Waals surface area (Å²) in [6.07, 6.45) is -9.84. The molecule has 0 saturated carbocycles. The number of oxazole rings is 1. The predicted octanol–water partition coefficient (Wildman–Crippen LogP) is 5.84. The number of aryl methyl sites for hydroxylation is 1. The van der Waals surface area contributed by atoms with Crippen LogP contribution in [0.25, 0.3) is 22.6 Å². The Labute approximate surface area is 131 Å². The number of hydrogen-bond acceptors (Lipinski definition) is 2. The van der Waals surface area contributed by atoms with Crippen LogP contribution in [0, 0.1) is 6.92 Å². The molecule has 3 aromatic rings. The van der Waals surface area contributed by atoms with Gasteiger partial charge < -0.3 is 4.42 Å². The molecule has 8 heteroatoms. The van der Waals surface area contributed by atoms with E-state index in [9.17, 15) is 26.3 Å². The molecule has 2 nitrogen and oxygen atoms in total. The van der Waals surface area contributed by atoms with E-state index in [1.54, 1.807) is 25.1 Å². The maximum atomic E-state index is 12.9. The highest BCUT2D eigenvalue weighted by Crippen LogP contribution is 2.38. The number of hydrogen-bond donors (Lipinski definition) is 0. The lowest BCUT2D eigenvalue weighted by Crippen LogP contribution is -2.11. The third-order valence-corrected chi connectivity index (χ3v) is 3.38. The van der Waals surface area contributed by atoms with Crippen molar-refractivity contribution in [2.24, 2.45) is 0 Å². The minimum atomic E-state index is -4.92. The summed E-state index contributed by atoms with van der Waals surface area (Å²) in [5.41, 5.74) is -1.73. The van der Waals surface area contributed by atoms with Gasteiger partial charge in [0.1, 0.15) is 5.52 Å². The highest BCUT2D eigenvalue weighted by atomic mass is 19.4. The van der Waals surface area contributed by atoms with Crippen molar-refractivity contribution in [3.8, 4) is 11.5 Å². The van der Waals surface area contributed by atoms with Crippen molar-refractivity contribution in [2.45, 2.75) is 19.3 Å². The van der Waals surface area contributed by atoms with Gasteiger partial charge in [0.15, 0.2) is 5.58 Å². The third-order valence-electron chi connectivity index (χ3n) is 3.38. The van der Waals surface area contributed by atoms with Gasteiger partial charge in [0.05, 0.1) is 11.1 Å². The second-order valence-corrected chi connectivity index (χ2v) is 5.28. The molecular formula is C16H9F6NO. The van der Waals surface area contributed by atoms with Gasteiger partial charge in [-0.2, -0.15) is 26.3 Å². The van der Waals surface area contributed by atoms with Crippen LogP contribution in [0.2, 0.25) is 0 Å². The van der Waals surface area contributed by atoms with E-state index in [-0.39, 0.29) is 23.1 Å². The van der Waals surface area contributed by atoms with Gasteiger partial charge in [0.25, 0.3) is 0 Å². The second-order valence-electron chi connectivity index (χ2n) is 5.28. The molecule has 126 valence electrons. The van der Waals surface area contributed by atoms with E-state index < -0.39 is 23.5 Å². The van der Waals surface area contributed by atoms with Crippen LogP contribution in [0.15, 0.2) is 40.8 Å². The molecule has 0 aliphatic rings. The summed E-state index contributed by atoms with van der Waals surface area (Å²) in [5, 5.41) is 0. The first kappa shape index (κ1) is 16.4. The first-order valence-electron chi connectivity index (χ1n) is 6.71. The lowest BCUT2D eigenvalue weighted by molar-refractivity contribution is -0.143. The summed E-state index contributed by atoms with van der Waals surface area (Å²) in [5.74, 6) is -0.299. The molecule has 0 aliphatic heterocycles. The first-order chi connectivity index (χ1) is 11.0. The second kappa shape index (κ2) is 5.25. The molecule has 1 heterocycles. The van der Waals surface area contributed by atoms with E-state index in [1.807, 2.05) is 0 Å². The van der Waals surface area contributed by atoms with Gasteiger partial charge in [0, 0.05) is 5.56 Å². The Morgan fingerprint density at radius 2 is 1.42 bits per heavy atom. The number of nitrogens with zero attached hydrogens (tertiary/aromatic N) is 1. The predicted molar refractivity (Wildman–Crippen MR) is 74.2 cm³/mol. The molecule has 2 aromatic carbocycles. The van der Waals surface area contributed by atoms with Crippen molar-refractivity contribution in [3.63, 3.8) is 0 Å². The molecule has 0 unspecified atom stereocenters. The lowest BCUT2D eigenvalue weighted by Gasteiger charge is -2.12. The summed E-state index contributed by atoms with van der Waals surface area (Å²) in [4.78, 5) is 3.99. The van der Waals surface area contributed by atoms with Crippen molar-refractivity contribution >= 4 is 11.1 Å². The molecule has 24 heavy (non-hydrogen) atoms. The summed E-state index contributed by atoms with van der Waals surface area (Å²) in [7, 11) is 0. The van der Waals surface area contributed by atoms with Crippen molar-refractivity contribution < 1.29 is 30.8 Å². The van der Waals surface area contributed by atoms with Crippen molar-refractivity contribution in [2.75, 3.05) is 0 Å². The molecule has 0 saturated heterocycles. The highest BCUT2D eigenvalue weighted by Gasteiger charge is 2.37. The van der Waals surface area contributed by atoms with Crippen LogP contribution >= 0.6 is 0 Å². The van der Waals surface area contributed by atoms with Gasteiger partial charge >= 0.3 is 12.4 Å². The van der Waals surface area contributed by atoms with Crippen LogP contribution in [0.4, 0.5) is 26.3 Å². The van der Waals surface area contributed by atoms with Crippen molar-refractivity contribution in [1.82, 2.24) is 4.98 Å². The molecule has 0 amide bonds. The number of halogens is 6. The van der Waals surface area contributed by atoms with Crippen LogP contribution in [0.1, 0.15) is 16.7 Å². The first-order valence-corrected chi connectivity index (χ1v) is 6.71. The topological polar surface area (TPSA) is 26.0 Å². The fourth-order valence-corrected chi connectivity index (χ4v) is 2.24. The highest BCUT2D eigenvalue weighted by molar-refractivity contribution is 5.77. The summed E-state index contributed by atoms with van der Waals surface area (Å²) >= 11 is 0. The number of benzene rings is 2. The molecule has 0 spiro atoms. The fraction of sp³-hybridized carbons (Fsp3) is 0.188. The number of fused-ring (bicyclic) bond motifs is 1. The Kier molecular flexibility index (Phi) is 3.58. The summed E-state index contributed by atoms with van der Waals surface area (Å²) < 4.78 is 82.6. The zero-order valence-corrected chi connectivity index (χ0v) is 12.1. The summed E-state index contributed by atoms with van der Waals surface area (Å²) in [6.45, 7) is 1.78. The number of aromatic nitrogens is 1. The maximum Gasteiger partial charge on any atom is 0.416 e. The number of alkyl halides is 6. The summed E-state index contributed by atoms with van der Waals surface area (Å²) in [6, 6.07) is 6.13. The smallest absolute Gasteiger partial charge is 0.416 e. The Morgan fingerprint density at radius 3 is 1.96 bits per heavy atom. The largest absolute Gasteiger partial charge is 0.436 e. The Balaban J connectivity index is 2.21. The molecule has 0 N–H and O–H groups in total. The van der Waals surface area contributed by atoms with Crippen LogP contribution in [-0.4, -0.2) is 4.98 Å². The van der Waals surface area contributed by atoms with E-state index in [1.165, 1.54) is 0 Å². The van der Waals surface area contributed by atoms with E-state index in [4.69, 9.17) is 4.42 Å². The van der Waals surface area contributed by atoms with Crippen LogP contribution in [-0.2, 0) is 12.4 Å². The molecule has 0 radical (unpaired) electrons. The third kappa shape index (κ3) is 3.08. The van der Waals surface area contributed by atoms with E-state index in [0.29, 0.717) is 17.6 Å². The van der Waals surface area contributed by atoms with Crippen LogP contribution in [0.5, 0.6) is 0 Å². The zero-order chi connectivity index (χ0) is 17.7. The molecule has 0 fully saturated rings. The number of rotatable bonds is 1. The molecule has 0 bridgehead atoms.